The van der Waals surface area contributed by atoms with Crippen LogP contribution in [0.3, 0.4) is 0 Å². The molecule has 6 heteroatoms. The molecule has 1 atom stereocenters. The molecule has 0 spiro atoms. The Bertz CT molecular complexity index is 1010. The molecule has 2 aromatic rings. The summed E-state index contributed by atoms with van der Waals surface area (Å²) in [6.45, 7) is 4.09. The zero-order chi connectivity index (χ0) is 17.8. The fourth-order valence-corrected chi connectivity index (χ4v) is 3.93. The van der Waals surface area contributed by atoms with E-state index in [9.17, 15) is 14.4 Å². The van der Waals surface area contributed by atoms with E-state index in [0.29, 0.717) is 29.8 Å². The van der Waals surface area contributed by atoms with Gasteiger partial charge in [-0.25, -0.2) is 4.79 Å². The topological polar surface area (TPSA) is 94.8 Å². The maximum Gasteiger partial charge on any atom is 0.327 e. The van der Waals surface area contributed by atoms with E-state index in [-0.39, 0.29) is 11.2 Å². The number of aromatic nitrogens is 2. The van der Waals surface area contributed by atoms with Gasteiger partial charge in [0.25, 0.3) is 5.56 Å². The van der Waals surface area contributed by atoms with Crippen molar-refractivity contribution in [2.45, 2.75) is 32.6 Å². The second-order valence-electron chi connectivity index (χ2n) is 7.50. The molecule has 25 heavy (non-hydrogen) atoms. The lowest BCUT2D eigenvalue weighted by Crippen LogP contribution is -2.38. The van der Waals surface area contributed by atoms with Crippen LogP contribution in [0.15, 0.2) is 51.2 Å². The molecule has 0 fully saturated rings. The van der Waals surface area contributed by atoms with Crippen LogP contribution in [-0.2, 0) is 4.79 Å². The van der Waals surface area contributed by atoms with Gasteiger partial charge in [0.15, 0.2) is 5.78 Å². The summed E-state index contributed by atoms with van der Waals surface area (Å²) in [5.74, 6) is -0.0487. The minimum Gasteiger partial charge on any atom is -0.344 e. The third-order valence-corrected chi connectivity index (χ3v) is 4.89. The van der Waals surface area contributed by atoms with E-state index in [2.05, 4.69) is 15.3 Å². The molecular formula is C19H19N3O3. The Hall–Kier alpha value is -2.89. The Kier molecular flexibility index (Phi) is 3.32. The quantitative estimate of drug-likeness (QED) is 0.744. The van der Waals surface area contributed by atoms with Crippen molar-refractivity contribution in [1.82, 2.24) is 9.97 Å². The van der Waals surface area contributed by atoms with Gasteiger partial charge in [0.05, 0.1) is 5.56 Å². The molecule has 0 amide bonds. The summed E-state index contributed by atoms with van der Waals surface area (Å²) < 4.78 is 0. The zero-order valence-corrected chi connectivity index (χ0v) is 14.1. The first-order chi connectivity index (χ1) is 11.9. The van der Waals surface area contributed by atoms with Crippen molar-refractivity contribution >= 4 is 11.6 Å². The lowest BCUT2D eigenvalue weighted by Gasteiger charge is -2.38. The molecule has 0 radical (unpaired) electrons. The maximum atomic E-state index is 12.9. The van der Waals surface area contributed by atoms with Gasteiger partial charge in [-0.15, -0.1) is 0 Å². The van der Waals surface area contributed by atoms with Gasteiger partial charge < -0.3 is 5.32 Å². The first kappa shape index (κ1) is 15.6. The summed E-state index contributed by atoms with van der Waals surface area (Å²) >= 11 is 0. The molecule has 2 heterocycles. The van der Waals surface area contributed by atoms with Gasteiger partial charge in [0, 0.05) is 23.6 Å². The molecule has 0 saturated carbocycles. The Morgan fingerprint density at radius 1 is 1.00 bits per heavy atom. The number of Topliss-reactive ketones (excluding diaryl/α,β-unsaturated/α-hetero) is 1. The van der Waals surface area contributed by atoms with Crippen molar-refractivity contribution in [1.29, 1.82) is 0 Å². The lowest BCUT2D eigenvalue weighted by molar-refractivity contribution is -0.118. The van der Waals surface area contributed by atoms with Crippen molar-refractivity contribution in [3.63, 3.8) is 0 Å². The first-order valence-corrected chi connectivity index (χ1v) is 8.30. The SMILES string of the molecule is CC1(C)CC(=O)C2=C(C1)Nc1[nH]c(=O)[nH]c(=O)c1[C@H]2c1ccccc1. The number of allylic oxidation sites excluding steroid dienone is 2. The number of ketones is 1. The second kappa shape index (κ2) is 5.31. The van der Waals surface area contributed by atoms with Crippen LogP contribution < -0.4 is 16.6 Å². The number of carbonyl (C=O) groups excluding carboxylic acids is 1. The molecule has 0 unspecified atom stereocenters. The van der Waals surface area contributed by atoms with Gasteiger partial charge in [-0.05, 0) is 17.4 Å². The van der Waals surface area contributed by atoms with Crippen LogP contribution in [0.25, 0.3) is 0 Å². The molecule has 6 nitrogen and oxygen atoms in total. The summed E-state index contributed by atoms with van der Waals surface area (Å²) in [5, 5.41) is 3.15. The van der Waals surface area contributed by atoms with E-state index in [0.717, 1.165) is 11.3 Å². The van der Waals surface area contributed by atoms with Crippen molar-refractivity contribution in [2.24, 2.45) is 5.41 Å². The molecule has 0 saturated heterocycles. The number of H-pyrrole nitrogens is 2. The monoisotopic (exact) mass is 337 g/mol. The number of anilines is 1. The fraction of sp³-hybridized carbons (Fsp3) is 0.316. The smallest absolute Gasteiger partial charge is 0.327 e. The van der Waals surface area contributed by atoms with Crippen LogP contribution >= 0.6 is 0 Å². The Morgan fingerprint density at radius 2 is 1.72 bits per heavy atom. The number of carbonyl (C=O) groups is 1. The minimum absolute atomic E-state index is 0.0452. The molecule has 1 aromatic carbocycles. The number of aromatic amines is 2. The molecule has 0 bridgehead atoms. The van der Waals surface area contributed by atoms with Crippen LogP contribution in [0.5, 0.6) is 0 Å². The fourth-order valence-electron chi connectivity index (χ4n) is 3.93. The van der Waals surface area contributed by atoms with Crippen LogP contribution in [0.1, 0.15) is 43.7 Å². The van der Waals surface area contributed by atoms with Gasteiger partial charge in [-0.2, -0.15) is 0 Å². The van der Waals surface area contributed by atoms with Gasteiger partial charge in [-0.3, -0.25) is 19.6 Å². The molecule has 1 aliphatic heterocycles. The number of benzene rings is 1. The van der Waals surface area contributed by atoms with E-state index in [4.69, 9.17) is 0 Å². The molecular weight excluding hydrogens is 318 g/mol. The summed E-state index contributed by atoms with van der Waals surface area (Å²) in [6.07, 6.45) is 1.12. The third kappa shape index (κ3) is 2.54. The van der Waals surface area contributed by atoms with Crippen molar-refractivity contribution in [2.75, 3.05) is 5.32 Å². The summed E-state index contributed by atoms with van der Waals surface area (Å²) in [5.41, 5.74) is 1.49. The molecule has 4 rings (SSSR count). The zero-order valence-electron chi connectivity index (χ0n) is 14.1. The van der Waals surface area contributed by atoms with Gasteiger partial charge in [-0.1, -0.05) is 44.2 Å². The average Bonchev–Trinajstić information content (AvgIpc) is 2.52. The minimum atomic E-state index is -0.562. The van der Waals surface area contributed by atoms with Crippen LogP contribution in [-0.4, -0.2) is 15.8 Å². The third-order valence-electron chi connectivity index (χ3n) is 4.89. The van der Waals surface area contributed by atoms with E-state index in [1.54, 1.807) is 0 Å². The highest BCUT2D eigenvalue weighted by molar-refractivity contribution is 6.01. The Balaban J connectivity index is 2.01. The number of rotatable bonds is 1. The van der Waals surface area contributed by atoms with Crippen molar-refractivity contribution < 1.29 is 4.79 Å². The molecule has 2 aliphatic rings. The molecule has 1 aliphatic carbocycles. The highest BCUT2D eigenvalue weighted by atomic mass is 16.2. The lowest BCUT2D eigenvalue weighted by atomic mass is 9.69. The van der Waals surface area contributed by atoms with Gasteiger partial charge in [0.2, 0.25) is 0 Å². The number of fused-ring (bicyclic) bond motifs is 1. The molecule has 3 N–H and O–H groups in total. The highest BCUT2D eigenvalue weighted by Crippen LogP contribution is 2.47. The van der Waals surface area contributed by atoms with E-state index in [1.165, 1.54) is 0 Å². The van der Waals surface area contributed by atoms with Crippen molar-refractivity contribution in [3.05, 3.63) is 73.6 Å². The van der Waals surface area contributed by atoms with Crippen LogP contribution in [0, 0.1) is 5.41 Å². The number of hydrogen-bond donors (Lipinski definition) is 3. The van der Waals surface area contributed by atoms with Gasteiger partial charge in [0.1, 0.15) is 5.82 Å². The summed E-state index contributed by atoms with van der Waals surface area (Å²) in [7, 11) is 0. The predicted molar refractivity (Wildman–Crippen MR) is 94.6 cm³/mol. The standard InChI is InChI=1S/C19H19N3O3/c1-19(2)8-11-14(12(23)9-19)13(10-6-4-3-5-7-10)15-16(20-11)21-18(25)22-17(15)24/h3-7,13H,8-9H2,1-2H3,(H3,20,21,22,24,25)/t13-/m0/s1. The molecule has 1 aromatic heterocycles. The second-order valence-corrected chi connectivity index (χ2v) is 7.50. The number of hydrogen-bond acceptors (Lipinski definition) is 4. The van der Waals surface area contributed by atoms with Crippen molar-refractivity contribution in [3.8, 4) is 0 Å². The highest BCUT2D eigenvalue weighted by Gasteiger charge is 2.41. The van der Waals surface area contributed by atoms with E-state index >= 15 is 0 Å². The Labute approximate surface area is 144 Å². The summed E-state index contributed by atoms with van der Waals surface area (Å²) in [4.78, 5) is 42.1. The Morgan fingerprint density at radius 3 is 2.44 bits per heavy atom. The summed E-state index contributed by atoms with van der Waals surface area (Å²) in [6, 6.07) is 9.47. The van der Waals surface area contributed by atoms with E-state index in [1.807, 2.05) is 44.2 Å². The molecule has 128 valence electrons. The average molecular weight is 337 g/mol. The number of nitrogens with one attached hydrogen (secondary N) is 3. The van der Waals surface area contributed by atoms with Crippen LogP contribution in [0.2, 0.25) is 0 Å². The first-order valence-electron chi connectivity index (χ1n) is 8.30. The van der Waals surface area contributed by atoms with Gasteiger partial charge >= 0.3 is 5.69 Å². The normalized spacial score (nSPS) is 21.4. The predicted octanol–water partition coefficient (Wildman–Crippen LogP) is 2.26. The maximum absolute atomic E-state index is 12.9. The van der Waals surface area contributed by atoms with Crippen LogP contribution in [0.4, 0.5) is 5.82 Å². The van der Waals surface area contributed by atoms with E-state index < -0.39 is 17.2 Å². The largest absolute Gasteiger partial charge is 0.344 e.